The number of nitrogens with zero attached hydrogens (tertiary/aromatic N) is 2. The highest BCUT2D eigenvalue weighted by Crippen LogP contribution is 2.24. The van der Waals surface area contributed by atoms with Crippen LogP contribution in [-0.2, 0) is 11.2 Å². The molecule has 5 heteroatoms. The quantitative estimate of drug-likeness (QED) is 0.788. The summed E-state index contributed by atoms with van der Waals surface area (Å²) in [5.74, 6) is -0.0186. The Balaban J connectivity index is 1.60. The van der Waals surface area contributed by atoms with Crippen LogP contribution in [0, 0.1) is 18.3 Å². The molecule has 1 N–H and O–H groups in total. The highest BCUT2D eigenvalue weighted by atomic mass is 32.1. The number of fused-ring (bicyclic) bond motifs is 1. The van der Waals surface area contributed by atoms with Gasteiger partial charge in [0.05, 0.1) is 26.9 Å². The molecule has 0 spiro atoms. The fraction of sp³-hybridized carbons (Fsp3) is 0.167. The molecule has 0 fully saturated rings. The molecule has 2 aromatic carbocycles. The minimum Gasteiger partial charge on any atom is -0.326 e. The summed E-state index contributed by atoms with van der Waals surface area (Å²) in [5, 5.41) is 12.7. The van der Waals surface area contributed by atoms with E-state index in [1.165, 1.54) is 0 Å². The molecule has 0 aliphatic carbocycles. The summed E-state index contributed by atoms with van der Waals surface area (Å²) in [4.78, 5) is 16.5. The number of nitriles is 1. The van der Waals surface area contributed by atoms with Gasteiger partial charge in [-0.15, -0.1) is 11.3 Å². The molecule has 3 rings (SSSR count). The molecule has 3 aromatic rings. The van der Waals surface area contributed by atoms with E-state index >= 15 is 0 Å². The number of benzene rings is 2. The van der Waals surface area contributed by atoms with Crippen LogP contribution in [0.3, 0.4) is 0 Å². The maximum atomic E-state index is 12.1. The molecule has 4 nitrogen and oxygen atoms in total. The second-order valence-electron chi connectivity index (χ2n) is 5.27. The molecule has 1 amide bonds. The third kappa shape index (κ3) is 3.74. The lowest BCUT2D eigenvalue weighted by Gasteiger charge is -2.05. The Morgan fingerprint density at radius 2 is 2.04 bits per heavy atom. The zero-order valence-corrected chi connectivity index (χ0v) is 13.5. The molecule has 0 aliphatic rings. The number of carbonyl (C=O) groups is 1. The van der Waals surface area contributed by atoms with E-state index in [1.807, 2.05) is 37.3 Å². The first-order valence-electron chi connectivity index (χ1n) is 7.30. The Morgan fingerprint density at radius 3 is 2.78 bits per heavy atom. The van der Waals surface area contributed by atoms with E-state index in [1.54, 1.807) is 23.5 Å². The van der Waals surface area contributed by atoms with Gasteiger partial charge in [0.2, 0.25) is 5.91 Å². The molecule has 0 saturated carbocycles. The number of aromatic nitrogens is 1. The number of rotatable bonds is 4. The molecule has 0 bridgehead atoms. The van der Waals surface area contributed by atoms with Crippen LogP contribution in [0.2, 0.25) is 0 Å². The van der Waals surface area contributed by atoms with Crippen molar-refractivity contribution in [2.45, 2.75) is 19.8 Å². The van der Waals surface area contributed by atoms with Crippen LogP contribution in [0.5, 0.6) is 0 Å². The second-order valence-corrected chi connectivity index (χ2v) is 6.51. The summed E-state index contributed by atoms with van der Waals surface area (Å²) in [6.07, 6.45) is 1.06. The number of nitrogens with one attached hydrogen (secondary N) is 1. The van der Waals surface area contributed by atoms with E-state index in [0.29, 0.717) is 18.4 Å². The molecule has 0 unspecified atom stereocenters. The van der Waals surface area contributed by atoms with E-state index in [0.717, 1.165) is 26.5 Å². The number of aryl methyl sites for hydroxylation is 2. The average Bonchev–Trinajstić information content (AvgIpc) is 2.92. The number of hydrogen-bond acceptors (Lipinski definition) is 4. The summed E-state index contributed by atoms with van der Waals surface area (Å²) in [6, 6.07) is 15.2. The van der Waals surface area contributed by atoms with Gasteiger partial charge in [0.15, 0.2) is 0 Å². The van der Waals surface area contributed by atoms with Gasteiger partial charge in [0.1, 0.15) is 0 Å². The average molecular weight is 321 g/mol. The van der Waals surface area contributed by atoms with Crippen LogP contribution < -0.4 is 5.32 Å². The Labute approximate surface area is 138 Å². The number of anilines is 1. The molecule has 23 heavy (non-hydrogen) atoms. The molecule has 0 saturated heterocycles. The number of amides is 1. The van der Waals surface area contributed by atoms with Gasteiger partial charge < -0.3 is 5.32 Å². The van der Waals surface area contributed by atoms with Gasteiger partial charge in [-0.1, -0.05) is 12.1 Å². The molecular weight excluding hydrogens is 306 g/mol. The zero-order valence-electron chi connectivity index (χ0n) is 12.7. The first-order valence-corrected chi connectivity index (χ1v) is 8.12. The highest BCUT2D eigenvalue weighted by molar-refractivity contribution is 7.18. The van der Waals surface area contributed by atoms with Crippen molar-refractivity contribution in [1.82, 2.24) is 4.98 Å². The predicted molar refractivity (Wildman–Crippen MR) is 92.5 cm³/mol. The van der Waals surface area contributed by atoms with Gasteiger partial charge in [-0.2, -0.15) is 5.26 Å². The van der Waals surface area contributed by atoms with Crippen molar-refractivity contribution in [3.8, 4) is 6.07 Å². The van der Waals surface area contributed by atoms with Crippen molar-refractivity contribution in [2.24, 2.45) is 0 Å². The van der Waals surface area contributed by atoms with Crippen molar-refractivity contribution in [1.29, 1.82) is 5.26 Å². The monoisotopic (exact) mass is 321 g/mol. The van der Waals surface area contributed by atoms with Crippen LogP contribution in [0.4, 0.5) is 5.69 Å². The standard InChI is InChI=1S/C18H15N3OS/c1-12-20-16-8-7-15(10-17(16)23-12)21-18(22)9-6-13-2-4-14(11-19)5-3-13/h2-5,7-8,10H,6,9H2,1H3,(H,21,22). The van der Waals surface area contributed by atoms with Crippen molar-refractivity contribution in [3.63, 3.8) is 0 Å². The van der Waals surface area contributed by atoms with Gasteiger partial charge in [0.25, 0.3) is 0 Å². The first-order chi connectivity index (χ1) is 11.1. The Morgan fingerprint density at radius 1 is 1.26 bits per heavy atom. The maximum absolute atomic E-state index is 12.1. The van der Waals surface area contributed by atoms with Crippen LogP contribution in [0.25, 0.3) is 10.2 Å². The first kappa shape index (κ1) is 15.2. The maximum Gasteiger partial charge on any atom is 0.224 e. The lowest BCUT2D eigenvalue weighted by Crippen LogP contribution is -2.12. The summed E-state index contributed by atoms with van der Waals surface area (Å²) < 4.78 is 1.08. The topological polar surface area (TPSA) is 65.8 Å². The summed E-state index contributed by atoms with van der Waals surface area (Å²) in [5.41, 5.74) is 3.44. The molecular formula is C18H15N3OS. The zero-order chi connectivity index (χ0) is 16.2. The fourth-order valence-electron chi connectivity index (χ4n) is 2.34. The predicted octanol–water partition coefficient (Wildman–Crippen LogP) is 4.05. The molecule has 1 aromatic heterocycles. The van der Waals surface area contributed by atoms with Crippen molar-refractivity contribution >= 4 is 33.1 Å². The fourth-order valence-corrected chi connectivity index (χ4v) is 3.21. The van der Waals surface area contributed by atoms with Gasteiger partial charge in [0, 0.05) is 12.1 Å². The summed E-state index contributed by atoms with van der Waals surface area (Å²) in [6.45, 7) is 1.97. The van der Waals surface area contributed by atoms with Crippen LogP contribution in [0.15, 0.2) is 42.5 Å². The largest absolute Gasteiger partial charge is 0.326 e. The van der Waals surface area contributed by atoms with E-state index in [4.69, 9.17) is 5.26 Å². The SMILES string of the molecule is Cc1nc2ccc(NC(=O)CCc3ccc(C#N)cc3)cc2s1. The van der Waals surface area contributed by atoms with E-state index in [2.05, 4.69) is 16.4 Å². The minimum atomic E-state index is -0.0186. The van der Waals surface area contributed by atoms with E-state index in [-0.39, 0.29) is 5.91 Å². The Bertz CT molecular complexity index is 891. The Hall–Kier alpha value is -2.71. The number of carbonyl (C=O) groups excluding carboxylic acids is 1. The summed E-state index contributed by atoms with van der Waals surface area (Å²) >= 11 is 1.62. The summed E-state index contributed by atoms with van der Waals surface area (Å²) in [7, 11) is 0. The smallest absolute Gasteiger partial charge is 0.224 e. The molecule has 0 atom stereocenters. The van der Waals surface area contributed by atoms with Gasteiger partial charge >= 0.3 is 0 Å². The van der Waals surface area contributed by atoms with Crippen molar-refractivity contribution in [3.05, 3.63) is 58.6 Å². The normalized spacial score (nSPS) is 10.4. The van der Waals surface area contributed by atoms with Crippen molar-refractivity contribution in [2.75, 3.05) is 5.32 Å². The third-order valence-corrected chi connectivity index (χ3v) is 4.44. The second kappa shape index (κ2) is 6.59. The van der Waals surface area contributed by atoms with Gasteiger partial charge in [-0.05, 0) is 49.2 Å². The molecule has 114 valence electrons. The van der Waals surface area contributed by atoms with Gasteiger partial charge in [-0.25, -0.2) is 4.98 Å². The molecule has 0 radical (unpaired) electrons. The van der Waals surface area contributed by atoms with E-state index in [9.17, 15) is 4.79 Å². The van der Waals surface area contributed by atoms with E-state index < -0.39 is 0 Å². The molecule has 0 aliphatic heterocycles. The lowest BCUT2D eigenvalue weighted by molar-refractivity contribution is -0.116. The highest BCUT2D eigenvalue weighted by Gasteiger charge is 2.06. The molecule has 1 heterocycles. The Kier molecular flexibility index (Phi) is 4.35. The number of thiazole rings is 1. The van der Waals surface area contributed by atoms with Crippen LogP contribution in [-0.4, -0.2) is 10.9 Å². The van der Waals surface area contributed by atoms with Gasteiger partial charge in [-0.3, -0.25) is 4.79 Å². The third-order valence-electron chi connectivity index (χ3n) is 3.50. The minimum absolute atomic E-state index is 0.0186. The van der Waals surface area contributed by atoms with Crippen LogP contribution in [0.1, 0.15) is 22.6 Å². The van der Waals surface area contributed by atoms with Crippen LogP contribution >= 0.6 is 11.3 Å². The number of hydrogen-bond donors (Lipinski definition) is 1. The lowest BCUT2D eigenvalue weighted by atomic mass is 10.1. The van der Waals surface area contributed by atoms with Crippen molar-refractivity contribution < 1.29 is 4.79 Å².